The second-order valence-electron chi connectivity index (χ2n) is 4.36. The second kappa shape index (κ2) is 4.73. The summed E-state index contributed by atoms with van der Waals surface area (Å²) in [6.07, 6.45) is 2.24. The average molecular weight is 208 g/mol. The molecule has 0 heterocycles. The SMILES string of the molecule is NC1CC(CNCc2cccc(F)c2)C1. The highest BCUT2D eigenvalue weighted by atomic mass is 19.1. The molecule has 1 fully saturated rings. The van der Waals surface area contributed by atoms with E-state index in [1.165, 1.54) is 6.07 Å². The van der Waals surface area contributed by atoms with Crippen LogP contribution in [0.1, 0.15) is 18.4 Å². The Morgan fingerprint density at radius 1 is 1.40 bits per heavy atom. The van der Waals surface area contributed by atoms with Crippen LogP contribution in [-0.2, 0) is 6.54 Å². The molecule has 0 radical (unpaired) electrons. The van der Waals surface area contributed by atoms with Gasteiger partial charge < -0.3 is 11.1 Å². The predicted octanol–water partition coefficient (Wildman–Crippen LogP) is 1.65. The van der Waals surface area contributed by atoms with Crippen molar-refractivity contribution in [2.75, 3.05) is 6.54 Å². The van der Waals surface area contributed by atoms with Gasteiger partial charge in [0.05, 0.1) is 0 Å². The van der Waals surface area contributed by atoms with E-state index in [-0.39, 0.29) is 5.82 Å². The van der Waals surface area contributed by atoms with Crippen LogP contribution < -0.4 is 11.1 Å². The molecule has 0 aliphatic heterocycles. The Kier molecular flexibility index (Phi) is 3.34. The largest absolute Gasteiger partial charge is 0.328 e. The van der Waals surface area contributed by atoms with E-state index >= 15 is 0 Å². The number of hydrogen-bond acceptors (Lipinski definition) is 2. The van der Waals surface area contributed by atoms with Crippen LogP contribution in [0, 0.1) is 11.7 Å². The summed E-state index contributed by atoms with van der Waals surface area (Å²) in [5.74, 6) is 0.550. The Morgan fingerprint density at radius 2 is 2.20 bits per heavy atom. The quantitative estimate of drug-likeness (QED) is 0.789. The van der Waals surface area contributed by atoms with Gasteiger partial charge in [0.25, 0.3) is 0 Å². The molecule has 0 bridgehead atoms. The van der Waals surface area contributed by atoms with Crippen LogP contribution in [0.25, 0.3) is 0 Å². The summed E-state index contributed by atoms with van der Waals surface area (Å²) in [6, 6.07) is 7.12. The zero-order chi connectivity index (χ0) is 10.7. The Hall–Kier alpha value is -0.930. The predicted molar refractivity (Wildman–Crippen MR) is 58.8 cm³/mol. The molecular weight excluding hydrogens is 191 g/mol. The Labute approximate surface area is 89.7 Å². The fraction of sp³-hybridized carbons (Fsp3) is 0.500. The van der Waals surface area contributed by atoms with Crippen LogP contribution in [0.15, 0.2) is 24.3 Å². The number of halogens is 1. The van der Waals surface area contributed by atoms with Crippen molar-refractivity contribution in [3.63, 3.8) is 0 Å². The Morgan fingerprint density at radius 3 is 2.87 bits per heavy atom. The fourth-order valence-corrected chi connectivity index (χ4v) is 2.02. The number of benzene rings is 1. The molecule has 2 nitrogen and oxygen atoms in total. The monoisotopic (exact) mass is 208 g/mol. The molecule has 0 unspecified atom stereocenters. The van der Waals surface area contributed by atoms with Crippen LogP contribution in [0.5, 0.6) is 0 Å². The molecule has 15 heavy (non-hydrogen) atoms. The molecule has 1 aliphatic carbocycles. The summed E-state index contributed by atoms with van der Waals surface area (Å²) in [5.41, 5.74) is 6.69. The van der Waals surface area contributed by atoms with Crippen molar-refractivity contribution >= 4 is 0 Å². The van der Waals surface area contributed by atoms with Gasteiger partial charge in [0, 0.05) is 12.6 Å². The first-order chi connectivity index (χ1) is 7.24. The lowest BCUT2D eigenvalue weighted by atomic mass is 9.81. The molecule has 1 aromatic carbocycles. The third kappa shape index (κ3) is 3.01. The highest BCUT2D eigenvalue weighted by Crippen LogP contribution is 2.24. The van der Waals surface area contributed by atoms with Gasteiger partial charge in [-0.15, -0.1) is 0 Å². The first-order valence-electron chi connectivity index (χ1n) is 5.45. The molecule has 1 aromatic rings. The fourth-order valence-electron chi connectivity index (χ4n) is 2.02. The maximum absolute atomic E-state index is 12.8. The van der Waals surface area contributed by atoms with Crippen molar-refractivity contribution in [1.82, 2.24) is 5.32 Å². The van der Waals surface area contributed by atoms with Crippen LogP contribution in [0.3, 0.4) is 0 Å². The first-order valence-corrected chi connectivity index (χ1v) is 5.45. The molecular formula is C12H17FN2. The van der Waals surface area contributed by atoms with Crippen molar-refractivity contribution in [1.29, 1.82) is 0 Å². The van der Waals surface area contributed by atoms with Gasteiger partial charge in [0.1, 0.15) is 5.82 Å². The lowest BCUT2D eigenvalue weighted by molar-refractivity contribution is 0.256. The van der Waals surface area contributed by atoms with Crippen LogP contribution in [0.2, 0.25) is 0 Å². The van der Waals surface area contributed by atoms with Crippen molar-refractivity contribution < 1.29 is 4.39 Å². The molecule has 3 N–H and O–H groups in total. The summed E-state index contributed by atoms with van der Waals surface area (Å²) in [4.78, 5) is 0. The van der Waals surface area contributed by atoms with Gasteiger partial charge in [0.2, 0.25) is 0 Å². The topological polar surface area (TPSA) is 38.0 Å². The van der Waals surface area contributed by atoms with E-state index in [1.807, 2.05) is 6.07 Å². The zero-order valence-corrected chi connectivity index (χ0v) is 8.75. The van der Waals surface area contributed by atoms with E-state index in [1.54, 1.807) is 12.1 Å². The number of hydrogen-bond donors (Lipinski definition) is 2. The summed E-state index contributed by atoms with van der Waals surface area (Å²) < 4.78 is 12.8. The van der Waals surface area contributed by atoms with E-state index in [0.29, 0.717) is 12.0 Å². The van der Waals surface area contributed by atoms with Gasteiger partial charge >= 0.3 is 0 Å². The zero-order valence-electron chi connectivity index (χ0n) is 8.75. The van der Waals surface area contributed by atoms with Crippen molar-refractivity contribution in [3.8, 4) is 0 Å². The van der Waals surface area contributed by atoms with Crippen molar-refractivity contribution in [2.24, 2.45) is 11.7 Å². The average Bonchev–Trinajstić information content (AvgIpc) is 2.15. The van der Waals surface area contributed by atoms with E-state index < -0.39 is 0 Å². The minimum absolute atomic E-state index is 0.167. The highest BCUT2D eigenvalue weighted by molar-refractivity contribution is 5.15. The summed E-state index contributed by atoms with van der Waals surface area (Å²) in [5, 5.41) is 3.33. The lowest BCUT2D eigenvalue weighted by Gasteiger charge is -2.32. The molecule has 0 spiro atoms. The van der Waals surface area contributed by atoms with Gasteiger partial charge in [0.15, 0.2) is 0 Å². The maximum atomic E-state index is 12.8. The minimum atomic E-state index is -0.167. The lowest BCUT2D eigenvalue weighted by Crippen LogP contribution is -2.41. The van der Waals surface area contributed by atoms with Gasteiger partial charge in [-0.25, -0.2) is 4.39 Å². The molecule has 0 aromatic heterocycles. The van der Waals surface area contributed by atoms with Crippen LogP contribution >= 0.6 is 0 Å². The smallest absolute Gasteiger partial charge is 0.123 e. The van der Waals surface area contributed by atoms with Gasteiger partial charge in [-0.05, 0) is 43.0 Å². The molecule has 2 rings (SSSR count). The normalized spacial score (nSPS) is 24.9. The van der Waals surface area contributed by atoms with Gasteiger partial charge in [-0.2, -0.15) is 0 Å². The summed E-state index contributed by atoms with van der Waals surface area (Å²) in [7, 11) is 0. The Bertz CT molecular complexity index is 321. The Balaban J connectivity index is 1.69. The summed E-state index contributed by atoms with van der Waals surface area (Å²) >= 11 is 0. The van der Waals surface area contributed by atoms with Gasteiger partial charge in [-0.1, -0.05) is 12.1 Å². The summed E-state index contributed by atoms with van der Waals surface area (Å²) in [6.45, 7) is 1.73. The third-order valence-electron chi connectivity index (χ3n) is 2.92. The second-order valence-corrected chi connectivity index (χ2v) is 4.36. The van der Waals surface area contributed by atoms with Crippen LogP contribution in [0.4, 0.5) is 4.39 Å². The minimum Gasteiger partial charge on any atom is -0.328 e. The van der Waals surface area contributed by atoms with Crippen molar-refractivity contribution in [2.45, 2.75) is 25.4 Å². The van der Waals surface area contributed by atoms with Gasteiger partial charge in [-0.3, -0.25) is 0 Å². The number of rotatable bonds is 4. The van der Waals surface area contributed by atoms with E-state index in [9.17, 15) is 4.39 Å². The van der Waals surface area contributed by atoms with E-state index in [0.717, 1.165) is 31.5 Å². The first kappa shape index (κ1) is 10.6. The molecule has 0 saturated heterocycles. The molecule has 1 aliphatic rings. The van der Waals surface area contributed by atoms with Crippen LogP contribution in [-0.4, -0.2) is 12.6 Å². The molecule has 0 atom stereocenters. The number of nitrogens with one attached hydrogen (secondary N) is 1. The highest BCUT2D eigenvalue weighted by Gasteiger charge is 2.24. The maximum Gasteiger partial charge on any atom is 0.123 e. The molecule has 3 heteroatoms. The van der Waals surface area contributed by atoms with Crippen molar-refractivity contribution in [3.05, 3.63) is 35.6 Å². The van der Waals surface area contributed by atoms with E-state index in [2.05, 4.69) is 5.32 Å². The third-order valence-corrected chi connectivity index (χ3v) is 2.92. The molecule has 82 valence electrons. The number of nitrogens with two attached hydrogens (primary N) is 1. The van der Waals surface area contributed by atoms with E-state index in [4.69, 9.17) is 5.73 Å². The standard InChI is InChI=1S/C12H17FN2/c13-11-3-1-2-9(4-11)7-15-8-10-5-12(14)6-10/h1-4,10,12,15H,5-8,14H2. The molecule has 1 saturated carbocycles. The molecule has 0 amide bonds.